The van der Waals surface area contributed by atoms with Crippen LogP contribution >= 0.6 is 0 Å². The molecule has 0 amide bonds. The quantitative estimate of drug-likeness (QED) is 0.608. The minimum Gasteiger partial charge on any atom is -0.192 e. The Morgan fingerprint density at radius 3 is 2.11 bits per heavy atom. The van der Waals surface area contributed by atoms with Crippen molar-refractivity contribution >= 4 is 10.8 Å². The van der Waals surface area contributed by atoms with Gasteiger partial charge in [-0.05, 0) is 47.0 Å². The molecule has 0 spiro atoms. The summed E-state index contributed by atoms with van der Waals surface area (Å²) in [5, 5.41) is 11.3. The van der Waals surface area contributed by atoms with Crippen LogP contribution in [0.3, 0.4) is 0 Å². The standard InChI is InChI=1S/C18H13N/c1-13-2-5-18-11-17(9-8-16(18)10-13)15-6-3-14(12-19)4-7-15/h2-11H,1H3. The van der Waals surface area contributed by atoms with Crippen LogP contribution in [0.1, 0.15) is 11.1 Å². The third-order valence-corrected chi connectivity index (χ3v) is 3.34. The Bertz CT molecular complexity index is 777. The van der Waals surface area contributed by atoms with Crippen molar-refractivity contribution < 1.29 is 0 Å². The van der Waals surface area contributed by atoms with E-state index in [0.717, 1.165) is 5.56 Å². The summed E-state index contributed by atoms with van der Waals surface area (Å²) in [5.74, 6) is 0. The lowest BCUT2D eigenvalue weighted by Crippen LogP contribution is -1.81. The molecule has 0 saturated heterocycles. The number of nitrogens with zero attached hydrogens (tertiary/aromatic N) is 1. The van der Waals surface area contributed by atoms with Gasteiger partial charge in [-0.15, -0.1) is 0 Å². The van der Waals surface area contributed by atoms with E-state index in [-0.39, 0.29) is 0 Å². The molecule has 0 aliphatic carbocycles. The molecule has 0 atom stereocenters. The van der Waals surface area contributed by atoms with Crippen LogP contribution in [-0.2, 0) is 0 Å². The highest BCUT2D eigenvalue weighted by Crippen LogP contribution is 2.25. The summed E-state index contributed by atoms with van der Waals surface area (Å²) in [5.41, 5.74) is 4.29. The molecule has 0 heterocycles. The fourth-order valence-electron chi connectivity index (χ4n) is 2.28. The van der Waals surface area contributed by atoms with Gasteiger partial charge >= 0.3 is 0 Å². The molecular weight excluding hydrogens is 230 g/mol. The molecule has 0 aliphatic heterocycles. The predicted molar refractivity (Wildman–Crippen MR) is 78.8 cm³/mol. The van der Waals surface area contributed by atoms with Gasteiger partial charge in [-0.2, -0.15) is 5.26 Å². The van der Waals surface area contributed by atoms with E-state index in [2.05, 4.69) is 49.4 Å². The minimum absolute atomic E-state index is 0.695. The number of hydrogen-bond donors (Lipinski definition) is 0. The van der Waals surface area contributed by atoms with Gasteiger partial charge in [-0.3, -0.25) is 0 Å². The molecule has 19 heavy (non-hydrogen) atoms. The normalized spacial score (nSPS) is 10.3. The second-order valence-corrected chi connectivity index (χ2v) is 4.75. The first kappa shape index (κ1) is 11.5. The average molecular weight is 243 g/mol. The summed E-state index contributed by atoms with van der Waals surface area (Å²) >= 11 is 0. The van der Waals surface area contributed by atoms with Crippen molar-refractivity contribution in [2.75, 3.05) is 0 Å². The van der Waals surface area contributed by atoms with Gasteiger partial charge < -0.3 is 0 Å². The summed E-state index contributed by atoms with van der Waals surface area (Å²) in [6, 6.07) is 22.8. The summed E-state index contributed by atoms with van der Waals surface area (Å²) < 4.78 is 0. The van der Waals surface area contributed by atoms with E-state index < -0.39 is 0 Å². The monoisotopic (exact) mass is 243 g/mol. The second-order valence-electron chi connectivity index (χ2n) is 4.75. The molecule has 0 aromatic heterocycles. The number of benzene rings is 3. The van der Waals surface area contributed by atoms with Crippen molar-refractivity contribution in [1.29, 1.82) is 5.26 Å². The van der Waals surface area contributed by atoms with Crippen LogP contribution in [0.15, 0.2) is 60.7 Å². The molecule has 0 unspecified atom stereocenters. The number of hydrogen-bond acceptors (Lipinski definition) is 1. The number of nitriles is 1. The average Bonchev–Trinajstić information content (AvgIpc) is 2.47. The van der Waals surface area contributed by atoms with Gasteiger partial charge in [0.05, 0.1) is 11.6 Å². The van der Waals surface area contributed by atoms with Gasteiger partial charge in [-0.25, -0.2) is 0 Å². The molecule has 0 saturated carbocycles. The van der Waals surface area contributed by atoms with Crippen LogP contribution in [0.25, 0.3) is 21.9 Å². The molecule has 0 aliphatic rings. The van der Waals surface area contributed by atoms with E-state index in [1.165, 1.54) is 21.9 Å². The Morgan fingerprint density at radius 2 is 1.37 bits per heavy atom. The van der Waals surface area contributed by atoms with Gasteiger partial charge in [0, 0.05) is 0 Å². The number of fused-ring (bicyclic) bond motifs is 1. The maximum absolute atomic E-state index is 8.82. The Kier molecular flexibility index (Phi) is 2.78. The van der Waals surface area contributed by atoms with Gasteiger partial charge in [0.1, 0.15) is 0 Å². The van der Waals surface area contributed by atoms with Crippen LogP contribution in [-0.4, -0.2) is 0 Å². The highest BCUT2D eigenvalue weighted by atomic mass is 14.2. The molecule has 1 heteroatoms. The first-order valence-corrected chi connectivity index (χ1v) is 6.27. The van der Waals surface area contributed by atoms with Crippen LogP contribution in [0.2, 0.25) is 0 Å². The van der Waals surface area contributed by atoms with Crippen LogP contribution in [0, 0.1) is 18.3 Å². The van der Waals surface area contributed by atoms with E-state index in [9.17, 15) is 0 Å². The SMILES string of the molecule is Cc1ccc2cc(-c3ccc(C#N)cc3)ccc2c1. The molecule has 1 nitrogen and oxygen atoms in total. The van der Waals surface area contributed by atoms with Gasteiger partial charge in [0.25, 0.3) is 0 Å². The van der Waals surface area contributed by atoms with Crippen LogP contribution in [0.5, 0.6) is 0 Å². The molecule has 90 valence electrons. The van der Waals surface area contributed by atoms with Crippen LogP contribution < -0.4 is 0 Å². The molecule has 3 aromatic rings. The number of aryl methyl sites for hydroxylation is 1. The largest absolute Gasteiger partial charge is 0.192 e. The van der Waals surface area contributed by atoms with Crippen molar-refractivity contribution in [3.05, 3.63) is 71.8 Å². The number of rotatable bonds is 1. The fraction of sp³-hybridized carbons (Fsp3) is 0.0556. The molecule has 0 bridgehead atoms. The Labute approximate surface area is 112 Å². The van der Waals surface area contributed by atoms with Gasteiger partial charge in [0.2, 0.25) is 0 Å². The third-order valence-electron chi connectivity index (χ3n) is 3.34. The Morgan fingerprint density at radius 1 is 0.737 bits per heavy atom. The lowest BCUT2D eigenvalue weighted by atomic mass is 9.99. The maximum Gasteiger partial charge on any atom is 0.0991 e. The van der Waals surface area contributed by atoms with Gasteiger partial charge in [0.15, 0.2) is 0 Å². The van der Waals surface area contributed by atoms with E-state index in [0.29, 0.717) is 5.56 Å². The summed E-state index contributed by atoms with van der Waals surface area (Å²) in [6.07, 6.45) is 0. The molecule has 0 radical (unpaired) electrons. The van der Waals surface area contributed by atoms with E-state index in [1.807, 2.05) is 24.3 Å². The Balaban J connectivity index is 2.09. The second kappa shape index (κ2) is 4.59. The van der Waals surface area contributed by atoms with Crippen molar-refractivity contribution in [3.8, 4) is 17.2 Å². The highest BCUT2D eigenvalue weighted by molar-refractivity contribution is 5.87. The fourth-order valence-corrected chi connectivity index (χ4v) is 2.28. The predicted octanol–water partition coefficient (Wildman–Crippen LogP) is 4.69. The molecule has 0 fully saturated rings. The zero-order valence-corrected chi connectivity index (χ0v) is 10.7. The molecule has 3 rings (SSSR count). The van der Waals surface area contributed by atoms with Gasteiger partial charge in [-0.1, -0.05) is 48.0 Å². The van der Waals surface area contributed by atoms with E-state index >= 15 is 0 Å². The smallest absolute Gasteiger partial charge is 0.0991 e. The summed E-state index contributed by atoms with van der Waals surface area (Å²) in [4.78, 5) is 0. The molecule has 0 N–H and O–H groups in total. The topological polar surface area (TPSA) is 23.8 Å². The van der Waals surface area contributed by atoms with Crippen molar-refractivity contribution in [1.82, 2.24) is 0 Å². The van der Waals surface area contributed by atoms with Crippen molar-refractivity contribution in [3.63, 3.8) is 0 Å². The third kappa shape index (κ3) is 2.21. The maximum atomic E-state index is 8.82. The lowest BCUT2D eigenvalue weighted by molar-refractivity contribution is 1.48. The lowest BCUT2D eigenvalue weighted by Gasteiger charge is -2.05. The summed E-state index contributed by atoms with van der Waals surface area (Å²) in [6.45, 7) is 2.11. The first-order valence-electron chi connectivity index (χ1n) is 6.27. The van der Waals surface area contributed by atoms with E-state index in [4.69, 9.17) is 5.26 Å². The zero-order valence-electron chi connectivity index (χ0n) is 10.7. The zero-order chi connectivity index (χ0) is 13.2. The van der Waals surface area contributed by atoms with Crippen LogP contribution in [0.4, 0.5) is 0 Å². The minimum atomic E-state index is 0.695. The van der Waals surface area contributed by atoms with E-state index in [1.54, 1.807) is 0 Å². The summed E-state index contributed by atoms with van der Waals surface area (Å²) in [7, 11) is 0. The van der Waals surface area contributed by atoms with Crippen molar-refractivity contribution in [2.24, 2.45) is 0 Å². The highest BCUT2D eigenvalue weighted by Gasteiger charge is 2.00. The van der Waals surface area contributed by atoms with Crippen molar-refractivity contribution in [2.45, 2.75) is 6.92 Å². The first-order chi connectivity index (χ1) is 9.26. The Hall–Kier alpha value is -2.59. The molecule has 3 aromatic carbocycles. The molecular formula is C18H13N.